The van der Waals surface area contributed by atoms with Crippen LogP contribution in [0.5, 0.6) is 0 Å². The zero-order valence-electron chi connectivity index (χ0n) is 10.8. The van der Waals surface area contributed by atoms with E-state index in [2.05, 4.69) is 10.3 Å². The molecule has 2 saturated carbocycles. The van der Waals surface area contributed by atoms with Gasteiger partial charge in [0.2, 0.25) is 0 Å². The largest absolute Gasteiger partial charge is 0.391 e. The predicted molar refractivity (Wildman–Crippen MR) is 65.6 cm³/mol. The van der Waals surface area contributed by atoms with Crippen LogP contribution >= 0.6 is 0 Å². The van der Waals surface area contributed by atoms with Crippen LogP contribution in [0.3, 0.4) is 0 Å². The van der Waals surface area contributed by atoms with Crippen molar-refractivity contribution in [2.24, 2.45) is 16.8 Å². The molecule has 0 aromatic rings. The van der Waals surface area contributed by atoms with Crippen molar-refractivity contribution in [1.82, 2.24) is 5.32 Å². The Morgan fingerprint density at radius 2 is 1.72 bits per heavy atom. The third kappa shape index (κ3) is 3.89. The van der Waals surface area contributed by atoms with E-state index in [-0.39, 0.29) is 12.8 Å². The molecule has 0 bridgehead atoms. The molecule has 0 spiro atoms. The summed E-state index contributed by atoms with van der Waals surface area (Å²) in [5.41, 5.74) is 0. The smallest absolute Gasteiger partial charge is 0.371 e. The Labute approximate surface area is 106 Å². The highest BCUT2D eigenvalue weighted by atomic mass is 19.4. The third-order valence-electron chi connectivity index (χ3n) is 4.01. The number of hydrogen-bond donors (Lipinski definition) is 1. The van der Waals surface area contributed by atoms with Crippen LogP contribution in [0, 0.1) is 11.8 Å². The molecule has 0 radical (unpaired) electrons. The van der Waals surface area contributed by atoms with E-state index in [0.29, 0.717) is 24.8 Å². The van der Waals surface area contributed by atoms with Crippen LogP contribution in [-0.4, -0.2) is 25.1 Å². The van der Waals surface area contributed by atoms with Crippen LogP contribution in [0.1, 0.15) is 44.9 Å². The van der Waals surface area contributed by atoms with Gasteiger partial charge in [-0.15, -0.1) is 0 Å². The Morgan fingerprint density at radius 3 is 2.17 bits per heavy atom. The molecule has 0 aromatic carbocycles. The van der Waals surface area contributed by atoms with Gasteiger partial charge in [-0.3, -0.25) is 4.99 Å². The molecular weight excluding hydrogens is 241 g/mol. The van der Waals surface area contributed by atoms with Gasteiger partial charge in [0.25, 0.3) is 0 Å². The Bertz CT molecular complexity index is 300. The fourth-order valence-electron chi connectivity index (χ4n) is 2.65. The molecule has 2 rings (SSSR count). The average Bonchev–Trinajstić information content (AvgIpc) is 3.11. The third-order valence-corrected chi connectivity index (χ3v) is 4.01. The van der Waals surface area contributed by atoms with E-state index in [4.69, 9.17) is 0 Å². The van der Waals surface area contributed by atoms with Gasteiger partial charge in [-0.25, -0.2) is 0 Å². The lowest BCUT2D eigenvalue weighted by atomic mass is 9.80. The minimum atomic E-state index is -4.00. The number of nitrogens with one attached hydrogen (secondary N) is 1. The standard InChI is InChI=1S/C13H21F3N2/c1-17-12(18-11-6-7-11)8-9-2-4-10(5-3-9)13(14,15)16/h9-11H,2-8H2,1H3,(H,17,18)/t9-,10+. The van der Waals surface area contributed by atoms with Gasteiger partial charge in [-0.1, -0.05) is 0 Å². The van der Waals surface area contributed by atoms with Crippen molar-refractivity contribution >= 4 is 5.84 Å². The zero-order valence-corrected chi connectivity index (χ0v) is 10.8. The number of aliphatic imine (C=N–C) groups is 1. The van der Waals surface area contributed by atoms with Crippen molar-refractivity contribution < 1.29 is 13.2 Å². The summed E-state index contributed by atoms with van der Waals surface area (Å²) >= 11 is 0. The second-order valence-electron chi connectivity index (χ2n) is 5.55. The molecule has 5 heteroatoms. The summed E-state index contributed by atoms with van der Waals surface area (Å²) in [6, 6.07) is 0.565. The Kier molecular flexibility index (Phi) is 4.17. The molecule has 0 aromatic heterocycles. The highest BCUT2D eigenvalue weighted by Crippen LogP contribution is 2.40. The maximum absolute atomic E-state index is 12.5. The lowest BCUT2D eigenvalue weighted by Crippen LogP contribution is -2.31. The number of amidine groups is 1. The topological polar surface area (TPSA) is 24.4 Å². The first-order valence-corrected chi connectivity index (χ1v) is 6.78. The highest BCUT2D eigenvalue weighted by Gasteiger charge is 2.41. The first-order valence-electron chi connectivity index (χ1n) is 6.78. The maximum atomic E-state index is 12.5. The molecule has 0 saturated heterocycles. The van der Waals surface area contributed by atoms with Gasteiger partial charge in [-0.2, -0.15) is 13.2 Å². The zero-order chi connectivity index (χ0) is 13.2. The Balaban J connectivity index is 1.75. The molecule has 0 heterocycles. The molecule has 18 heavy (non-hydrogen) atoms. The van der Waals surface area contributed by atoms with Gasteiger partial charge in [0.1, 0.15) is 0 Å². The average molecular weight is 262 g/mol. The Morgan fingerprint density at radius 1 is 1.11 bits per heavy atom. The van der Waals surface area contributed by atoms with Crippen LogP contribution in [0.25, 0.3) is 0 Å². The molecule has 2 aliphatic carbocycles. The van der Waals surface area contributed by atoms with Crippen molar-refractivity contribution in [3.8, 4) is 0 Å². The molecule has 0 unspecified atom stereocenters. The molecule has 0 amide bonds. The molecule has 104 valence electrons. The summed E-state index contributed by atoms with van der Waals surface area (Å²) in [6.45, 7) is 0. The van der Waals surface area contributed by atoms with E-state index < -0.39 is 12.1 Å². The molecule has 2 nitrogen and oxygen atoms in total. The quantitative estimate of drug-likeness (QED) is 0.610. The molecule has 2 fully saturated rings. The summed E-state index contributed by atoms with van der Waals surface area (Å²) in [7, 11) is 1.76. The van der Waals surface area contributed by atoms with Gasteiger partial charge >= 0.3 is 6.18 Å². The van der Waals surface area contributed by atoms with E-state index >= 15 is 0 Å². The number of alkyl halides is 3. The van der Waals surface area contributed by atoms with E-state index in [0.717, 1.165) is 12.3 Å². The van der Waals surface area contributed by atoms with Gasteiger partial charge in [0.15, 0.2) is 0 Å². The van der Waals surface area contributed by atoms with Crippen LogP contribution < -0.4 is 5.32 Å². The molecule has 0 atom stereocenters. The molecule has 0 aliphatic heterocycles. The highest BCUT2D eigenvalue weighted by molar-refractivity contribution is 5.82. The predicted octanol–water partition coefficient (Wildman–Crippen LogP) is 3.53. The minimum Gasteiger partial charge on any atom is -0.371 e. The number of nitrogens with zero attached hydrogens (tertiary/aromatic N) is 1. The Hall–Kier alpha value is -0.740. The summed E-state index contributed by atoms with van der Waals surface area (Å²) in [6.07, 6.45) is 1.13. The first kappa shape index (κ1) is 13.7. The van der Waals surface area contributed by atoms with Gasteiger partial charge < -0.3 is 5.32 Å². The lowest BCUT2D eigenvalue weighted by Gasteiger charge is -2.30. The minimum absolute atomic E-state index is 0.286. The number of halogens is 3. The molecule has 1 N–H and O–H groups in total. The van der Waals surface area contributed by atoms with Crippen molar-refractivity contribution in [2.45, 2.75) is 57.2 Å². The molecular formula is C13H21F3N2. The van der Waals surface area contributed by atoms with E-state index in [1.807, 2.05) is 0 Å². The SMILES string of the molecule is C/N=C(/C[C@H]1CC[C@@H](C(F)(F)F)CC1)NC1CC1. The van der Waals surface area contributed by atoms with Gasteiger partial charge in [-0.05, 0) is 44.4 Å². The first-order chi connectivity index (χ1) is 8.49. The number of rotatable bonds is 3. The van der Waals surface area contributed by atoms with Crippen molar-refractivity contribution in [3.05, 3.63) is 0 Å². The number of hydrogen-bond acceptors (Lipinski definition) is 1. The summed E-state index contributed by atoms with van der Waals surface area (Å²) in [5.74, 6) is 0.272. The van der Waals surface area contributed by atoms with E-state index in [1.165, 1.54) is 12.8 Å². The second kappa shape index (κ2) is 5.49. The molecule has 2 aliphatic rings. The fourth-order valence-corrected chi connectivity index (χ4v) is 2.65. The van der Waals surface area contributed by atoms with Crippen LogP contribution in [0.2, 0.25) is 0 Å². The lowest BCUT2D eigenvalue weighted by molar-refractivity contribution is -0.183. The van der Waals surface area contributed by atoms with Crippen molar-refractivity contribution in [2.75, 3.05) is 7.05 Å². The van der Waals surface area contributed by atoms with Crippen molar-refractivity contribution in [3.63, 3.8) is 0 Å². The second-order valence-corrected chi connectivity index (χ2v) is 5.55. The van der Waals surface area contributed by atoms with E-state index in [9.17, 15) is 13.2 Å². The monoisotopic (exact) mass is 262 g/mol. The van der Waals surface area contributed by atoms with Gasteiger partial charge in [0.05, 0.1) is 11.8 Å². The summed E-state index contributed by atoms with van der Waals surface area (Å²) in [4.78, 5) is 4.21. The fraction of sp³-hybridized carbons (Fsp3) is 0.923. The van der Waals surface area contributed by atoms with Crippen LogP contribution in [0.4, 0.5) is 13.2 Å². The maximum Gasteiger partial charge on any atom is 0.391 e. The van der Waals surface area contributed by atoms with Crippen molar-refractivity contribution in [1.29, 1.82) is 0 Å². The van der Waals surface area contributed by atoms with Gasteiger partial charge in [0, 0.05) is 19.5 Å². The van der Waals surface area contributed by atoms with Crippen LogP contribution in [-0.2, 0) is 0 Å². The van der Waals surface area contributed by atoms with Crippen LogP contribution in [0.15, 0.2) is 4.99 Å². The van der Waals surface area contributed by atoms with E-state index in [1.54, 1.807) is 7.05 Å². The summed E-state index contributed by atoms with van der Waals surface area (Å²) in [5, 5.41) is 3.36. The summed E-state index contributed by atoms with van der Waals surface area (Å²) < 4.78 is 37.6. The normalized spacial score (nSPS) is 30.3.